The highest BCUT2D eigenvalue weighted by molar-refractivity contribution is 6.38. The summed E-state index contributed by atoms with van der Waals surface area (Å²) in [6.45, 7) is 12.3. The van der Waals surface area contributed by atoms with Crippen molar-refractivity contribution in [1.82, 2.24) is 9.80 Å². The Morgan fingerprint density at radius 1 is 1.00 bits per heavy atom. The van der Waals surface area contributed by atoms with Crippen LogP contribution >= 0.6 is 0 Å². The second-order valence-electron chi connectivity index (χ2n) is 14.1. The van der Waals surface area contributed by atoms with Crippen molar-refractivity contribution in [3.63, 3.8) is 0 Å². The molecule has 260 valence electrons. The number of carbonyl (C=O) groups is 4. The van der Waals surface area contributed by atoms with Crippen LogP contribution in [0.5, 0.6) is 0 Å². The number of allylic oxidation sites excluding steroid dienone is 2. The van der Waals surface area contributed by atoms with Gasteiger partial charge in [-0.15, -0.1) is 0 Å². The van der Waals surface area contributed by atoms with Gasteiger partial charge in [0.25, 0.3) is 17.7 Å². The first-order valence-electron chi connectivity index (χ1n) is 16.9. The van der Waals surface area contributed by atoms with E-state index in [1.54, 1.807) is 42.6 Å². The molecular formula is C40H46N5O5+. The molecule has 0 radical (unpaired) electrons. The SMILES string of the molecule is CC(C)=CC[n+]1ccc(C(=O)N2C=C(c3ccccc3)N([C@H](C(N)=O)C(Cc3ccccc3)C(=O)C3=NC(C)(C)CO3)C(=O)C2C(C)C)cc1. The Hall–Kier alpha value is -5.38. The second-order valence-corrected chi connectivity index (χ2v) is 14.1. The lowest BCUT2D eigenvalue weighted by Gasteiger charge is -2.45. The normalized spacial score (nSPS) is 18.1. The van der Waals surface area contributed by atoms with Crippen LogP contribution in [0.4, 0.5) is 0 Å². The van der Waals surface area contributed by atoms with Gasteiger partial charge in [-0.2, -0.15) is 0 Å². The van der Waals surface area contributed by atoms with Gasteiger partial charge in [0.05, 0.1) is 22.7 Å². The third-order valence-electron chi connectivity index (χ3n) is 8.86. The van der Waals surface area contributed by atoms with E-state index in [-0.39, 0.29) is 36.4 Å². The van der Waals surface area contributed by atoms with Gasteiger partial charge in [0, 0.05) is 18.3 Å². The quantitative estimate of drug-likeness (QED) is 0.219. The summed E-state index contributed by atoms with van der Waals surface area (Å²) in [4.78, 5) is 64.6. The molecule has 3 atom stereocenters. The number of primary amides is 1. The Kier molecular flexibility index (Phi) is 10.8. The van der Waals surface area contributed by atoms with Crippen LogP contribution in [-0.4, -0.2) is 63.4 Å². The summed E-state index contributed by atoms with van der Waals surface area (Å²) in [6.07, 6.45) is 7.44. The Bertz CT molecular complexity index is 1830. The predicted octanol–water partition coefficient (Wildman–Crippen LogP) is 4.74. The van der Waals surface area contributed by atoms with Crippen molar-refractivity contribution in [1.29, 1.82) is 0 Å². The average Bonchev–Trinajstić information content (AvgIpc) is 3.46. The lowest BCUT2D eigenvalue weighted by Crippen LogP contribution is -2.62. The number of nitrogens with zero attached hydrogens (tertiary/aromatic N) is 4. The zero-order chi connectivity index (χ0) is 36.2. The number of hydrogen-bond donors (Lipinski definition) is 1. The minimum Gasteiger partial charge on any atom is -0.473 e. The summed E-state index contributed by atoms with van der Waals surface area (Å²) in [6, 6.07) is 19.3. The van der Waals surface area contributed by atoms with Crippen LogP contribution in [0.15, 0.2) is 108 Å². The van der Waals surface area contributed by atoms with Gasteiger partial charge in [0.2, 0.25) is 11.7 Å². The molecule has 0 bridgehead atoms. The summed E-state index contributed by atoms with van der Waals surface area (Å²) in [5.41, 5.74) is 8.77. The molecule has 2 aromatic carbocycles. The topological polar surface area (TPSA) is 126 Å². The number of rotatable bonds is 12. The van der Waals surface area contributed by atoms with Crippen LogP contribution < -0.4 is 10.3 Å². The highest BCUT2D eigenvalue weighted by Crippen LogP contribution is 2.36. The highest BCUT2D eigenvalue weighted by atomic mass is 16.5. The van der Waals surface area contributed by atoms with Crippen LogP contribution in [0.2, 0.25) is 0 Å². The minimum absolute atomic E-state index is 0.0910. The summed E-state index contributed by atoms with van der Waals surface area (Å²) in [7, 11) is 0. The fraction of sp³-hybridized carbons (Fsp3) is 0.350. The van der Waals surface area contributed by atoms with Gasteiger partial charge in [-0.05, 0) is 57.2 Å². The molecule has 0 aliphatic carbocycles. The largest absolute Gasteiger partial charge is 0.473 e. The molecule has 5 rings (SSSR count). The van der Waals surface area contributed by atoms with Gasteiger partial charge in [-0.3, -0.25) is 24.1 Å². The van der Waals surface area contributed by atoms with Crippen LogP contribution in [0, 0.1) is 11.8 Å². The molecule has 3 aromatic rings. The molecule has 2 N–H and O–H groups in total. The maximum Gasteiger partial charge on any atom is 0.259 e. The molecule has 2 aliphatic heterocycles. The van der Waals surface area contributed by atoms with Gasteiger partial charge in [0.15, 0.2) is 18.9 Å². The van der Waals surface area contributed by atoms with E-state index >= 15 is 0 Å². The summed E-state index contributed by atoms with van der Waals surface area (Å²) >= 11 is 0. The van der Waals surface area contributed by atoms with E-state index in [0.717, 1.165) is 5.56 Å². The van der Waals surface area contributed by atoms with Crippen LogP contribution in [0.3, 0.4) is 0 Å². The first-order chi connectivity index (χ1) is 23.8. The molecular weight excluding hydrogens is 630 g/mol. The zero-order valence-electron chi connectivity index (χ0n) is 29.6. The van der Waals surface area contributed by atoms with Crippen LogP contribution in [-0.2, 0) is 32.1 Å². The number of nitrogens with two attached hydrogens (primary N) is 1. The van der Waals surface area contributed by atoms with Gasteiger partial charge in [0.1, 0.15) is 18.7 Å². The predicted molar refractivity (Wildman–Crippen MR) is 191 cm³/mol. The van der Waals surface area contributed by atoms with E-state index in [4.69, 9.17) is 10.5 Å². The van der Waals surface area contributed by atoms with Crippen LogP contribution in [0.1, 0.15) is 63.0 Å². The average molecular weight is 677 g/mol. The van der Waals surface area contributed by atoms with Crippen molar-refractivity contribution in [2.75, 3.05) is 6.61 Å². The Balaban J connectivity index is 1.65. The second kappa shape index (κ2) is 15.0. The van der Waals surface area contributed by atoms with Gasteiger partial charge >= 0.3 is 0 Å². The third kappa shape index (κ3) is 7.91. The molecule has 3 heterocycles. The van der Waals surface area contributed by atoms with E-state index < -0.39 is 41.1 Å². The molecule has 2 unspecified atom stereocenters. The molecule has 0 saturated heterocycles. The number of aliphatic imine (C=N–C) groups is 1. The number of amides is 3. The third-order valence-corrected chi connectivity index (χ3v) is 8.86. The van der Waals surface area contributed by atoms with Crippen molar-refractivity contribution in [2.45, 2.75) is 72.1 Å². The van der Waals surface area contributed by atoms with Crippen molar-refractivity contribution < 1.29 is 28.5 Å². The number of hydrogen-bond acceptors (Lipinski definition) is 6. The molecule has 0 saturated carbocycles. The zero-order valence-corrected chi connectivity index (χ0v) is 29.6. The standard InChI is InChI=1S/C40H45N5O5/c1-26(2)17-20-43-21-18-30(19-22-43)38(48)44-24-32(29-15-11-8-12-16-29)45(39(49)33(44)27(3)4)34(36(41)47)31(23-28-13-9-7-10-14-28)35(46)37-42-40(5,6)25-50-37/h7-19,21-22,24,27,31,33-34H,20,23,25H2,1-6H3,(H-,41,47)/p+1/t31?,33?,34-/m0/s1. The van der Waals surface area contributed by atoms with Crippen LogP contribution in [0.25, 0.3) is 5.70 Å². The van der Waals surface area contributed by atoms with E-state index in [1.807, 2.05) is 94.9 Å². The number of ketones is 1. The minimum atomic E-state index is -1.43. The molecule has 0 spiro atoms. The molecule has 10 heteroatoms. The molecule has 50 heavy (non-hydrogen) atoms. The monoisotopic (exact) mass is 676 g/mol. The number of ether oxygens (including phenoxy) is 1. The van der Waals surface area contributed by atoms with Gasteiger partial charge in [-0.25, -0.2) is 9.56 Å². The number of benzene rings is 2. The van der Waals surface area contributed by atoms with Crippen molar-refractivity contribution >= 4 is 35.1 Å². The summed E-state index contributed by atoms with van der Waals surface area (Å²) < 4.78 is 7.73. The van der Waals surface area contributed by atoms with Gasteiger partial charge < -0.3 is 15.4 Å². The number of Topliss-reactive ketones (excluding diaryl/α,β-unsaturated/α-hetero) is 1. The summed E-state index contributed by atoms with van der Waals surface area (Å²) in [5.74, 6) is -3.88. The summed E-state index contributed by atoms with van der Waals surface area (Å²) in [5, 5.41) is 0. The van der Waals surface area contributed by atoms with E-state index in [9.17, 15) is 19.2 Å². The van der Waals surface area contributed by atoms with Crippen molar-refractivity contribution in [3.05, 3.63) is 120 Å². The Morgan fingerprint density at radius 2 is 1.62 bits per heavy atom. The molecule has 0 fully saturated rings. The molecule has 2 aliphatic rings. The lowest BCUT2D eigenvalue weighted by molar-refractivity contribution is -0.687. The van der Waals surface area contributed by atoms with E-state index in [1.165, 1.54) is 15.4 Å². The highest BCUT2D eigenvalue weighted by Gasteiger charge is 2.49. The number of aromatic nitrogens is 1. The molecule has 10 nitrogen and oxygen atoms in total. The molecule has 3 amide bonds. The lowest BCUT2D eigenvalue weighted by atomic mass is 9.84. The Morgan fingerprint density at radius 3 is 2.16 bits per heavy atom. The van der Waals surface area contributed by atoms with Gasteiger partial charge in [-0.1, -0.05) is 80.1 Å². The fourth-order valence-electron chi connectivity index (χ4n) is 6.30. The van der Waals surface area contributed by atoms with Crippen molar-refractivity contribution in [2.24, 2.45) is 22.6 Å². The molecule has 1 aromatic heterocycles. The maximum absolute atomic E-state index is 14.9. The first-order valence-corrected chi connectivity index (χ1v) is 16.9. The number of carbonyl (C=O) groups excluding carboxylic acids is 4. The smallest absolute Gasteiger partial charge is 0.259 e. The first kappa shape index (κ1) is 35.9. The van der Waals surface area contributed by atoms with E-state index in [0.29, 0.717) is 17.7 Å². The van der Waals surface area contributed by atoms with Crippen molar-refractivity contribution in [3.8, 4) is 0 Å². The fourth-order valence-corrected chi connectivity index (χ4v) is 6.30. The maximum atomic E-state index is 14.9. The van der Waals surface area contributed by atoms with E-state index in [2.05, 4.69) is 11.1 Å². The Labute approximate surface area is 293 Å². The number of pyridine rings is 1.